The monoisotopic (exact) mass is 483 g/mol. The molecule has 0 aliphatic heterocycles. The number of aromatic nitrogens is 5. The van der Waals surface area contributed by atoms with Gasteiger partial charge in [0.05, 0.1) is 41.9 Å². The summed E-state index contributed by atoms with van der Waals surface area (Å²) in [5, 5.41) is 21.0. The molecule has 184 valence electrons. The van der Waals surface area contributed by atoms with E-state index in [4.69, 9.17) is 10.2 Å². The average molecular weight is 484 g/mol. The molecular formula is C27H29N7O2. The van der Waals surface area contributed by atoms with Crippen molar-refractivity contribution < 1.29 is 9.90 Å². The number of aryl methyl sites for hydroxylation is 2. The first-order chi connectivity index (χ1) is 17.4. The molecule has 0 aliphatic rings. The first kappa shape index (κ1) is 23.7. The topological polar surface area (TPSA) is 109 Å². The first-order valence-electron chi connectivity index (χ1n) is 12.0. The summed E-state index contributed by atoms with van der Waals surface area (Å²) in [6.45, 7) is 7.08. The van der Waals surface area contributed by atoms with Gasteiger partial charge in [-0.1, -0.05) is 12.1 Å². The highest BCUT2D eigenvalue weighted by molar-refractivity contribution is 6.08. The number of amides is 1. The maximum Gasteiger partial charge on any atom is 0.274 e. The summed E-state index contributed by atoms with van der Waals surface area (Å²) in [7, 11) is 0. The number of aliphatic hydroxyl groups is 1. The van der Waals surface area contributed by atoms with Gasteiger partial charge in [-0.15, -0.1) is 0 Å². The lowest BCUT2D eigenvalue weighted by atomic mass is 10.1. The maximum absolute atomic E-state index is 13.3. The van der Waals surface area contributed by atoms with E-state index >= 15 is 0 Å². The first-order valence-corrected chi connectivity index (χ1v) is 12.0. The molecule has 1 aromatic carbocycles. The molecule has 4 aromatic heterocycles. The Kier molecular flexibility index (Phi) is 6.49. The minimum absolute atomic E-state index is 0.0586. The molecule has 9 heteroatoms. The molecule has 36 heavy (non-hydrogen) atoms. The van der Waals surface area contributed by atoms with Gasteiger partial charge in [0.15, 0.2) is 0 Å². The van der Waals surface area contributed by atoms with E-state index in [2.05, 4.69) is 20.6 Å². The minimum atomic E-state index is -0.248. The number of imidazole rings is 1. The van der Waals surface area contributed by atoms with E-state index in [1.165, 1.54) is 0 Å². The molecular weight excluding hydrogens is 454 g/mol. The second kappa shape index (κ2) is 9.88. The van der Waals surface area contributed by atoms with Crippen molar-refractivity contribution in [3.63, 3.8) is 0 Å². The smallest absolute Gasteiger partial charge is 0.274 e. The van der Waals surface area contributed by atoms with E-state index in [0.29, 0.717) is 30.1 Å². The second-order valence-corrected chi connectivity index (χ2v) is 8.90. The third-order valence-electron chi connectivity index (χ3n) is 6.29. The SMILES string of the molecule is Cc1cccc(Cn2nc(C)c3c(NC(=O)c4cnc5cc(C(C)NCCO)ccn45)cccc32)n1. The Bertz CT molecular complexity index is 1550. The molecule has 0 saturated carbocycles. The fraction of sp³-hybridized carbons (Fsp3) is 0.259. The Morgan fingerprint density at radius 1 is 1.14 bits per heavy atom. The molecule has 0 bridgehead atoms. The van der Waals surface area contributed by atoms with Crippen LogP contribution >= 0.6 is 0 Å². The predicted molar refractivity (Wildman–Crippen MR) is 139 cm³/mol. The largest absolute Gasteiger partial charge is 0.395 e. The number of hydrogen-bond donors (Lipinski definition) is 3. The molecule has 0 aliphatic carbocycles. The van der Waals surface area contributed by atoms with Gasteiger partial charge in [0.1, 0.15) is 11.3 Å². The van der Waals surface area contributed by atoms with Gasteiger partial charge < -0.3 is 15.7 Å². The Morgan fingerprint density at radius 2 is 1.97 bits per heavy atom. The summed E-state index contributed by atoms with van der Waals surface area (Å²) in [4.78, 5) is 22.3. The van der Waals surface area contributed by atoms with Gasteiger partial charge in [-0.25, -0.2) is 4.98 Å². The van der Waals surface area contributed by atoms with E-state index in [9.17, 15) is 4.79 Å². The maximum atomic E-state index is 13.3. The summed E-state index contributed by atoms with van der Waals surface area (Å²) < 4.78 is 3.70. The number of aliphatic hydroxyl groups excluding tert-OH is 1. The summed E-state index contributed by atoms with van der Waals surface area (Å²) in [5.41, 5.74) is 6.52. The van der Waals surface area contributed by atoms with Crippen molar-refractivity contribution in [2.45, 2.75) is 33.4 Å². The van der Waals surface area contributed by atoms with E-state index in [-0.39, 0.29) is 18.6 Å². The molecule has 4 heterocycles. The van der Waals surface area contributed by atoms with Crippen molar-refractivity contribution in [1.29, 1.82) is 0 Å². The molecule has 0 saturated heterocycles. The Morgan fingerprint density at radius 3 is 2.78 bits per heavy atom. The fourth-order valence-corrected chi connectivity index (χ4v) is 4.51. The van der Waals surface area contributed by atoms with E-state index < -0.39 is 0 Å². The molecule has 5 rings (SSSR count). The highest BCUT2D eigenvalue weighted by atomic mass is 16.3. The molecule has 1 amide bonds. The van der Waals surface area contributed by atoms with E-state index in [0.717, 1.165) is 33.5 Å². The van der Waals surface area contributed by atoms with Crippen LogP contribution in [0.25, 0.3) is 16.6 Å². The summed E-state index contributed by atoms with van der Waals surface area (Å²) >= 11 is 0. The Balaban J connectivity index is 1.42. The van der Waals surface area contributed by atoms with Crippen LogP contribution in [0.1, 0.15) is 46.1 Å². The number of fused-ring (bicyclic) bond motifs is 2. The van der Waals surface area contributed by atoms with Gasteiger partial charge in [-0.05, 0) is 62.7 Å². The van der Waals surface area contributed by atoms with Crippen LogP contribution < -0.4 is 10.6 Å². The Hall–Kier alpha value is -4.08. The zero-order valence-corrected chi connectivity index (χ0v) is 20.6. The molecule has 1 atom stereocenters. The van der Waals surface area contributed by atoms with Gasteiger partial charge in [-0.2, -0.15) is 5.10 Å². The van der Waals surface area contributed by atoms with Crippen LogP contribution in [0.5, 0.6) is 0 Å². The van der Waals surface area contributed by atoms with Crippen molar-refractivity contribution in [1.82, 2.24) is 29.5 Å². The standard InChI is InChI=1S/C27H29N7O2/c1-17-6-4-7-21(30-17)16-34-23-9-5-8-22(26(23)19(3)32-34)31-27(36)24-15-29-25-14-20(10-12-33(24)25)18(2)28-11-13-35/h4-10,12,14-15,18,28,35H,11,13,16H2,1-3H3,(H,31,36). The number of carbonyl (C=O) groups excluding carboxylic acids is 1. The number of pyridine rings is 2. The predicted octanol–water partition coefficient (Wildman–Crippen LogP) is 3.64. The molecule has 3 N–H and O–H groups in total. The van der Waals surface area contributed by atoms with Gasteiger partial charge in [-0.3, -0.25) is 18.9 Å². The third kappa shape index (κ3) is 4.58. The highest BCUT2D eigenvalue weighted by Crippen LogP contribution is 2.28. The van der Waals surface area contributed by atoms with Gasteiger partial charge >= 0.3 is 0 Å². The van der Waals surface area contributed by atoms with Crippen LogP contribution in [0.4, 0.5) is 5.69 Å². The zero-order valence-electron chi connectivity index (χ0n) is 20.6. The van der Waals surface area contributed by atoms with Crippen molar-refractivity contribution in [3.8, 4) is 0 Å². The lowest BCUT2D eigenvalue weighted by molar-refractivity contribution is 0.102. The van der Waals surface area contributed by atoms with Crippen LogP contribution in [0, 0.1) is 13.8 Å². The van der Waals surface area contributed by atoms with Gasteiger partial charge in [0.25, 0.3) is 5.91 Å². The van der Waals surface area contributed by atoms with Gasteiger partial charge in [0.2, 0.25) is 0 Å². The number of nitrogens with zero attached hydrogens (tertiary/aromatic N) is 5. The number of carbonyl (C=O) groups is 1. The van der Waals surface area contributed by atoms with Gasteiger partial charge in [0, 0.05) is 29.9 Å². The van der Waals surface area contributed by atoms with Crippen LogP contribution in [0.15, 0.2) is 60.9 Å². The molecule has 0 radical (unpaired) electrons. The molecule has 1 unspecified atom stereocenters. The average Bonchev–Trinajstić information content (AvgIpc) is 3.43. The summed E-state index contributed by atoms with van der Waals surface area (Å²) in [6.07, 6.45) is 3.43. The molecule has 9 nitrogen and oxygen atoms in total. The Labute approximate surface area is 208 Å². The van der Waals surface area contributed by atoms with E-state index in [1.807, 2.05) is 80.2 Å². The quantitative estimate of drug-likeness (QED) is 0.311. The zero-order chi connectivity index (χ0) is 25.2. The molecule has 0 fully saturated rings. The van der Waals surface area contributed by atoms with E-state index in [1.54, 1.807) is 10.6 Å². The third-order valence-corrected chi connectivity index (χ3v) is 6.29. The van der Waals surface area contributed by atoms with Crippen molar-refractivity contribution >= 4 is 28.1 Å². The second-order valence-electron chi connectivity index (χ2n) is 8.90. The van der Waals surface area contributed by atoms with Crippen molar-refractivity contribution in [2.24, 2.45) is 0 Å². The van der Waals surface area contributed by atoms with Crippen LogP contribution in [0.3, 0.4) is 0 Å². The summed E-state index contributed by atoms with van der Waals surface area (Å²) in [6, 6.07) is 15.7. The van der Waals surface area contributed by atoms with Crippen molar-refractivity contribution in [3.05, 3.63) is 89.3 Å². The van der Waals surface area contributed by atoms with Crippen LogP contribution in [0.2, 0.25) is 0 Å². The molecule has 5 aromatic rings. The summed E-state index contributed by atoms with van der Waals surface area (Å²) in [5.74, 6) is -0.248. The van der Waals surface area contributed by atoms with Crippen LogP contribution in [-0.4, -0.2) is 48.3 Å². The van der Waals surface area contributed by atoms with Crippen molar-refractivity contribution in [2.75, 3.05) is 18.5 Å². The lowest BCUT2D eigenvalue weighted by Crippen LogP contribution is -2.22. The normalized spacial score (nSPS) is 12.3. The number of rotatable bonds is 8. The lowest BCUT2D eigenvalue weighted by Gasteiger charge is -2.13. The number of hydrogen-bond acceptors (Lipinski definition) is 6. The number of anilines is 1. The fourth-order valence-electron chi connectivity index (χ4n) is 4.51. The van der Waals surface area contributed by atoms with Crippen LogP contribution in [-0.2, 0) is 6.54 Å². The molecule has 0 spiro atoms. The minimum Gasteiger partial charge on any atom is -0.395 e. The number of nitrogens with one attached hydrogen (secondary N) is 2. The highest BCUT2D eigenvalue weighted by Gasteiger charge is 2.18. The number of benzene rings is 1.